The molecule has 0 radical (unpaired) electrons. The van der Waals surface area contributed by atoms with Gasteiger partial charge in [0.05, 0.1) is 13.1 Å². The summed E-state index contributed by atoms with van der Waals surface area (Å²) in [5.74, 6) is 0.750. The lowest BCUT2D eigenvalue weighted by Gasteiger charge is -2.21. The van der Waals surface area contributed by atoms with Gasteiger partial charge in [-0.2, -0.15) is 0 Å². The molecule has 0 unspecified atom stereocenters. The van der Waals surface area contributed by atoms with Crippen molar-refractivity contribution in [3.8, 4) is 0 Å². The minimum Gasteiger partial charge on any atom is -0.357 e. The number of carbonyl (C=O) groups is 2. The monoisotopic (exact) mass is 529 g/mol. The number of hydrogen-bond acceptors (Lipinski definition) is 3. The number of nitrogens with zero attached hydrogens (tertiary/aromatic N) is 1. The minimum atomic E-state index is -0.266. The van der Waals surface area contributed by atoms with Crippen LogP contribution in [0.25, 0.3) is 0 Å². The van der Waals surface area contributed by atoms with Crippen molar-refractivity contribution in [2.24, 2.45) is 10.9 Å². The van der Waals surface area contributed by atoms with Gasteiger partial charge >= 0.3 is 0 Å². The number of amides is 2. The van der Waals surface area contributed by atoms with Gasteiger partial charge in [-0.15, -0.1) is 24.0 Å². The topological polar surface area (TPSA) is 94.6 Å². The zero-order valence-electron chi connectivity index (χ0n) is 18.5. The van der Waals surface area contributed by atoms with E-state index in [1.165, 1.54) is 0 Å². The van der Waals surface area contributed by atoms with E-state index in [1.807, 2.05) is 52.0 Å². The van der Waals surface area contributed by atoms with E-state index in [0.29, 0.717) is 19.0 Å². The summed E-state index contributed by atoms with van der Waals surface area (Å²) in [6.07, 6.45) is 4.24. The van der Waals surface area contributed by atoms with Crippen molar-refractivity contribution in [2.45, 2.75) is 65.5 Å². The molecule has 2 amide bonds. The van der Waals surface area contributed by atoms with Crippen LogP contribution >= 0.6 is 24.0 Å². The summed E-state index contributed by atoms with van der Waals surface area (Å²) >= 11 is 0. The normalized spacial score (nSPS) is 14.6. The van der Waals surface area contributed by atoms with Gasteiger partial charge in [-0.25, -0.2) is 4.99 Å². The highest BCUT2D eigenvalue weighted by Crippen LogP contribution is 2.26. The average molecular weight is 529 g/mol. The van der Waals surface area contributed by atoms with Crippen molar-refractivity contribution in [3.63, 3.8) is 0 Å². The Morgan fingerprint density at radius 1 is 1.13 bits per heavy atom. The molecule has 0 aromatic heterocycles. The van der Waals surface area contributed by atoms with Crippen LogP contribution in [0.15, 0.2) is 29.3 Å². The molecule has 8 heteroatoms. The summed E-state index contributed by atoms with van der Waals surface area (Å²) < 4.78 is 0. The molecule has 0 spiro atoms. The maximum Gasteiger partial charge on any atom is 0.239 e. The van der Waals surface area contributed by atoms with Gasteiger partial charge in [0.1, 0.15) is 0 Å². The summed E-state index contributed by atoms with van der Waals surface area (Å²) in [7, 11) is 0. The smallest absolute Gasteiger partial charge is 0.239 e. The maximum atomic E-state index is 12.3. The van der Waals surface area contributed by atoms with Crippen molar-refractivity contribution in [3.05, 3.63) is 29.8 Å². The fraction of sp³-hybridized carbons (Fsp3) is 0.591. The molecule has 0 bridgehead atoms. The molecule has 30 heavy (non-hydrogen) atoms. The molecule has 0 heterocycles. The van der Waals surface area contributed by atoms with Gasteiger partial charge in [0.15, 0.2) is 5.96 Å². The number of halogens is 1. The standard InChI is InChI=1S/C22H35N5O2.HI/c1-5-23-21(25-15-19(28)27-22(2,3)4)24-14-16-9-8-12-18(13-16)26-20(29)17-10-6-7-11-17;/h8-9,12-13,17H,5-7,10-11,14-15H2,1-4H3,(H,26,29)(H,27,28)(H2,23,24,25);1H. The molecule has 1 aliphatic rings. The molecular formula is C22H36IN5O2. The molecule has 168 valence electrons. The predicted molar refractivity (Wildman–Crippen MR) is 133 cm³/mol. The molecule has 1 saturated carbocycles. The van der Waals surface area contributed by atoms with E-state index in [9.17, 15) is 9.59 Å². The van der Waals surface area contributed by atoms with Gasteiger partial charge in [-0.1, -0.05) is 25.0 Å². The van der Waals surface area contributed by atoms with E-state index >= 15 is 0 Å². The number of rotatable bonds is 7. The first-order chi connectivity index (χ1) is 13.8. The molecular weight excluding hydrogens is 493 g/mol. The molecule has 1 aromatic carbocycles. The number of hydrogen-bond donors (Lipinski definition) is 4. The molecule has 1 aromatic rings. The van der Waals surface area contributed by atoms with Crippen LogP contribution in [0.1, 0.15) is 58.9 Å². The third-order valence-corrected chi connectivity index (χ3v) is 4.62. The third kappa shape index (κ3) is 9.77. The van der Waals surface area contributed by atoms with Crippen LogP contribution in [0.3, 0.4) is 0 Å². The SMILES string of the molecule is CCNC(=NCc1cccc(NC(=O)C2CCCC2)c1)NCC(=O)NC(C)(C)C.I. The van der Waals surface area contributed by atoms with E-state index in [0.717, 1.165) is 36.9 Å². The maximum absolute atomic E-state index is 12.3. The highest BCUT2D eigenvalue weighted by atomic mass is 127. The molecule has 2 rings (SSSR count). The largest absolute Gasteiger partial charge is 0.357 e. The molecule has 4 N–H and O–H groups in total. The second-order valence-corrected chi connectivity index (χ2v) is 8.52. The van der Waals surface area contributed by atoms with E-state index in [4.69, 9.17) is 0 Å². The zero-order valence-corrected chi connectivity index (χ0v) is 20.8. The Morgan fingerprint density at radius 3 is 2.47 bits per heavy atom. The van der Waals surface area contributed by atoms with Crippen molar-refractivity contribution in [2.75, 3.05) is 18.4 Å². The fourth-order valence-electron chi connectivity index (χ4n) is 3.32. The van der Waals surface area contributed by atoms with Crippen LogP contribution in [0, 0.1) is 5.92 Å². The third-order valence-electron chi connectivity index (χ3n) is 4.62. The zero-order chi connectivity index (χ0) is 21.3. The van der Waals surface area contributed by atoms with E-state index in [1.54, 1.807) is 0 Å². The Bertz CT molecular complexity index is 724. The van der Waals surface area contributed by atoms with Crippen LogP contribution in [-0.4, -0.2) is 36.4 Å². The Kier molecular flexibility index (Phi) is 11.1. The highest BCUT2D eigenvalue weighted by molar-refractivity contribution is 14.0. The van der Waals surface area contributed by atoms with Crippen molar-refractivity contribution >= 4 is 47.4 Å². The van der Waals surface area contributed by atoms with Crippen LogP contribution in [0.4, 0.5) is 5.69 Å². The lowest BCUT2D eigenvalue weighted by atomic mass is 10.1. The Labute approximate surface area is 197 Å². The minimum absolute atomic E-state index is 0. The van der Waals surface area contributed by atoms with Crippen LogP contribution in [0.2, 0.25) is 0 Å². The summed E-state index contributed by atoms with van der Waals surface area (Å²) in [4.78, 5) is 28.9. The van der Waals surface area contributed by atoms with Gasteiger partial charge in [0, 0.05) is 23.7 Å². The van der Waals surface area contributed by atoms with E-state index < -0.39 is 0 Å². The Balaban J connectivity index is 0.00000450. The first kappa shape index (κ1) is 26.2. The highest BCUT2D eigenvalue weighted by Gasteiger charge is 2.22. The summed E-state index contributed by atoms with van der Waals surface area (Å²) in [6, 6.07) is 7.75. The van der Waals surface area contributed by atoms with E-state index in [-0.39, 0.29) is 53.8 Å². The van der Waals surface area contributed by atoms with Crippen molar-refractivity contribution in [1.82, 2.24) is 16.0 Å². The molecule has 0 aliphatic heterocycles. The Morgan fingerprint density at radius 2 is 1.83 bits per heavy atom. The van der Waals surface area contributed by atoms with Gasteiger partial charge in [-0.05, 0) is 58.2 Å². The lowest BCUT2D eigenvalue weighted by Crippen LogP contribution is -2.48. The van der Waals surface area contributed by atoms with Gasteiger partial charge in [0.2, 0.25) is 11.8 Å². The average Bonchev–Trinajstić information content (AvgIpc) is 3.18. The first-order valence-corrected chi connectivity index (χ1v) is 10.5. The summed E-state index contributed by atoms with van der Waals surface area (Å²) in [6.45, 7) is 9.12. The molecule has 7 nitrogen and oxygen atoms in total. The summed E-state index contributed by atoms with van der Waals surface area (Å²) in [5.41, 5.74) is 1.53. The van der Waals surface area contributed by atoms with E-state index in [2.05, 4.69) is 26.3 Å². The van der Waals surface area contributed by atoms with Crippen LogP contribution in [-0.2, 0) is 16.1 Å². The van der Waals surface area contributed by atoms with Gasteiger partial charge in [-0.3, -0.25) is 9.59 Å². The second-order valence-electron chi connectivity index (χ2n) is 8.52. The first-order valence-electron chi connectivity index (χ1n) is 10.5. The summed E-state index contributed by atoms with van der Waals surface area (Å²) in [5, 5.41) is 12.1. The Hall–Kier alpha value is -1.84. The second kappa shape index (κ2) is 12.8. The molecule has 1 fully saturated rings. The quantitative estimate of drug-likeness (QED) is 0.248. The molecule has 0 atom stereocenters. The van der Waals surface area contributed by atoms with Gasteiger partial charge in [0.25, 0.3) is 0 Å². The number of benzene rings is 1. The number of guanidine groups is 1. The van der Waals surface area contributed by atoms with Crippen LogP contribution in [0.5, 0.6) is 0 Å². The molecule has 0 saturated heterocycles. The van der Waals surface area contributed by atoms with Crippen molar-refractivity contribution in [1.29, 1.82) is 0 Å². The number of anilines is 1. The van der Waals surface area contributed by atoms with Crippen molar-refractivity contribution < 1.29 is 9.59 Å². The number of nitrogens with one attached hydrogen (secondary N) is 4. The fourth-order valence-corrected chi connectivity index (χ4v) is 3.32. The van der Waals surface area contributed by atoms with Gasteiger partial charge < -0.3 is 21.3 Å². The lowest BCUT2D eigenvalue weighted by molar-refractivity contribution is -0.121. The molecule has 1 aliphatic carbocycles. The number of aliphatic imine (C=N–C) groups is 1. The van der Waals surface area contributed by atoms with Crippen LogP contribution < -0.4 is 21.3 Å². The predicted octanol–water partition coefficient (Wildman–Crippen LogP) is 3.40. The number of carbonyl (C=O) groups excluding carboxylic acids is 2.